The summed E-state index contributed by atoms with van der Waals surface area (Å²) in [5.41, 5.74) is 7.07. The van der Waals surface area contributed by atoms with E-state index in [4.69, 9.17) is 28.9 Å². The Hall–Kier alpha value is -0.860. The minimum Gasteiger partial charge on any atom is -0.321 e. The van der Waals surface area contributed by atoms with Crippen molar-refractivity contribution in [1.29, 1.82) is 0 Å². The number of benzene rings is 1. The second-order valence-corrected chi connectivity index (χ2v) is 8.37. The fourth-order valence-corrected chi connectivity index (χ4v) is 4.61. The van der Waals surface area contributed by atoms with Gasteiger partial charge in [-0.05, 0) is 23.6 Å². The van der Waals surface area contributed by atoms with E-state index in [9.17, 15) is 0 Å². The van der Waals surface area contributed by atoms with E-state index in [2.05, 4.69) is 15.3 Å². The third-order valence-corrected chi connectivity index (χ3v) is 6.18. The molecule has 0 radical (unpaired) electrons. The fourth-order valence-electron chi connectivity index (χ4n) is 1.98. The molecule has 2 heterocycles. The molecule has 2 aromatic heterocycles. The summed E-state index contributed by atoms with van der Waals surface area (Å²) in [6, 6.07) is 5.31. The van der Waals surface area contributed by atoms with Gasteiger partial charge in [-0.2, -0.15) is 4.52 Å². The van der Waals surface area contributed by atoms with Crippen LogP contribution in [-0.4, -0.2) is 19.8 Å². The average molecular weight is 388 g/mol. The first-order valence-corrected chi connectivity index (χ1v) is 9.56. The van der Waals surface area contributed by atoms with Gasteiger partial charge in [-0.25, -0.2) is 0 Å². The van der Waals surface area contributed by atoms with Crippen molar-refractivity contribution in [3.8, 4) is 0 Å². The summed E-state index contributed by atoms with van der Waals surface area (Å²) < 4.78 is 2.61. The molecule has 0 saturated carbocycles. The predicted octanol–water partition coefficient (Wildman–Crippen LogP) is 4.44. The second kappa shape index (κ2) is 6.94. The van der Waals surface area contributed by atoms with Crippen LogP contribution < -0.4 is 5.73 Å². The molecule has 5 nitrogen and oxygen atoms in total. The maximum absolute atomic E-state index is 6.20. The van der Waals surface area contributed by atoms with Crippen LogP contribution in [0.15, 0.2) is 22.5 Å². The van der Waals surface area contributed by atoms with Crippen LogP contribution in [0.2, 0.25) is 10.0 Å². The third kappa shape index (κ3) is 3.49. The molecule has 3 aromatic rings. The van der Waals surface area contributed by atoms with Crippen LogP contribution >= 0.6 is 46.3 Å². The van der Waals surface area contributed by atoms with Gasteiger partial charge in [0.05, 0.1) is 6.04 Å². The number of nitrogens with zero attached hydrogens (tertiary/aromatic N) is 4. The van der Waals surface area contributed by atoms with E-state index in [0.717, 1.165) is 14.9 Å². The lowest BCUT2D eigenvalue weighted by Gasteiger charge is -2.11. The lowest BCUT2D eigenvalue weighted by atomic mass is 10.1. The molecular formula is C14H15Cl2N5S2. The van der Waals surface area contributed by atoms with E-state index < -0.39 is 0 Å². The molecule has 9 heteroatoms. The standard InChI is InChI=1S/C14H15Cl2N5S2/c1-7(2)11(17)12-18-19-13-21(12)20-14(23-13)22-6-8-9(15)4-3-5-10(8)16/h3-5,7,11H,6,17H2,1-2H3/t11-/m0/s1. The molecule has 2 N–H and O–H groups in total. The molecule has 0 aliphatic rings. The number of nitrogens with two attached hydrogens (primary N) is 1. The maximum atomic E-state index is 6.20. The minimum absolute atomic E-state index is 0.192. The Morgan fingerprint density at radius 1 is 1.26 bits per heavy atom. The Labute approximate surface area is 152 Å². The molecule has 0 aliphatic carbocycles. The van der Waals surface area contributed by atoms with Crippen LogP contribution in [0.25, 0.3) is 4.96 Å². The molecule has 0 bridgehead atoms. The Morgan fingerprint density at radius 3 is 2.61 bits per heavy atom. The fraction of sp³-hybridized carbons (Fsp3) is 0.357. The van der Waals surface area contributed by atoms with Crippen molar-refractivity contribution in [3.63, 3.8) is 0 Å². The van der Waals surface area contributed by atoms with Crippen molar-refractivity contribution in [2.45, 2.75) is 30.0 Å². The molecule has 0 unspecified atom stereocenters. The van der Waals surface area contributed by atoms with Crippen molar-refractivity contribution in [2.75, 3.05) is 0 Å². The van der Waals surface area contributed by atoms with Crippen molar-refractivity contribution < 1.29 is 0 Å². The summed E-state index contributed by atoms with van der Waals surface area (Å²) in [6.07, 6.45) is 0. The third-order valence-electron chi connectivity index (χ3n) is 3.41. The summed E-state index contributed by atoms with van der Waals surface area (Å²) in [4.78, 5) is 0.740. The van der Waals surface area contributed by atoms with Gasteiger partial charge in [0.2, 0.25) is 4.96 Å². The van der Waals surface area contributed by atoms with E-state index in [1.54, 1.807) is 16.3 Å². The zero-order chi connectivity index (χ0) is 16.6. The highest BCUT2D eigenvalue weighted by molar-refractivity contribution is 8.00. The number of thioether (sulfide) groups is 1. The van der Waals surface area contributed by atoms with Crippen molar-refractivity contribution in [1.82, 2.24) is 19.8 Å². The zero-order valence-corrected chi connectivity index (χ0v) is 15.7. The van der Waals surface area contributed by atoms with E-state index in [0.29, 0.717) is 21.6 Å². The van der Waals surface area contributed by atoms with Crippen LogP contribution in [-0.2, 0) is 5.75 Å². The molecule has 1 aromatic carbocycles. The largest absolute Gasteiger partial charge is 0.321 e. The Kier molecular flexibility index (Phi) is 5.13. The molecule has 122 valence electrons. The van der Waals surface area contributed by atoms with Gasteiger partial charge in [-0.15, -0.1) is 15.3 Å². The number of halogens is 2. The SMILES string of the molecule is CC(C)[C@H](N)c1nnc2sc(SCc3c(Cl)cccc3Cl)nn12. The summed E-state index contributed by atoms with van der Waals surface area (Å²) in [5.74, 6) is 1.60. The van der Waals surface area contributed by atoms with Crippen LogP contribution in [0.3, 0.4) is 0 Å². The van der Waals surface area contributed by atoms with Crippen molar-refractivity contribution in [3.05, 3.63) is 39.6 Å². The van der Waals surface area contributed by atoms with Gasteiger partial charge in [0.1, 0.15) is 0 Å². The highest BCUT2D eigenvalue weighted by Gasteiger charge is 2.20. The first-order valence-electron chi connectivity index (χ1n) is 7.00. The summed E-state index contributed by atoms with van der Waals surface area (Å²) >= 11 is 15.4. The predicted molar refractivity (Wildman–Crippen MR) is 96.4 cm³/mol. The first kappa shape index (κ1) is 17.0. The van der Waals surface area contributed by atoms with Crippen LogP contribution in [0, 0.1) is 5.92 Å². The lowest BCUT2D eigenvalue weighted by Crippen LogP contribution is -2.20. The number of hydrogen-bond acceptors (Lipinski definition) is 6. The smallest absolute Gasteiger partial charge is 0.235 e. The minimum atomic E-state index is -0.192. The normalized spacial score (nSPS) is 13.1. The van der Waals surface area contributed by atoms with Gasteiger partial charge in [-0.3, -0.25) is 0 Å². The highest BCUT2D eigenvalue weighted by Crippen LogP contribution is 2.33. The van der Waals surface area contributed by atoms with E-state index in [1.807, 2.05) is 32.0 Å². The van der Waals surface area contributed by atoms with Gasteiger partial charge in [0.15, 0.2) is 10.2 Å². The summed E-state index contributed by atoms with van der Waals surface area (Å²) in [6.45, 7) is 4.10. The van der Waals surface area contributed by atoms with E-state index in [1.165, 1.54) is 11.3 Å². The van der Waals surface area contributed by atoms with Crippen molar-refractivity contribution >= 4 is 51.3 Å². The van der Waals surface area contributed by atoms with E-state index in [-0.39, 0.29) is 12.0 Å². The van der Waals surface area contributed by atoms with Crippen molar-refractivity contribution in [2.24, 2.45) is 11.7 Å². The molecule has 23 heavy (non-hydrogen) atoms. The molecule has 0 spiro atoms. The highest BCUT2D eigenvalue weighted by atomic mass is 35.5. The molecule has 0 aliphatic heterocycles. The average Bonchev–Trinajstić information content (AvgIpc) is 3.05. The number of rotatable bonds is 5. The number of aromatic nitrogens is 4. The van der Waals surface area contributed by atoms with Gasteiger partial charge >= 0.3 is 0 Å². The Morgan fingerprint density at radius 2 is 1.96 bits per heavy atom. The Balaban J connectivity index is 1.82. The maximum Gasteiger partial charge on any atom is 0.235 e. The topological polar surface area (TPSA) is 69.1 Å². The molecule has 0 saturated heterocycles. The monoisotopic (exact) mass is 387 g/mol. The summed E-state index contributed by atoms with van der Waals surface area (Å²) in [7, 11) is 0. The van der Waals surface area contributed by atoms with Crippen LogP contribution in [0.5, 0.6) is 0 Å². The molecule has 3 rings (SSSR count). The van der Waals surface area contributed by atoms with Gasteiger partial charge in [0, 0.05) is 15.8 Å². The van der Waals surface area contributed by atoms with Gasteiger partial charge in [-0.1, -0.05) is 66.2 Å². The lowest BCUT2D eigenvalue weighted by molar-refractivity contribution is 0.479. The molecule has 0 fully saturated rings. The molecule has 1 atom stereocenters. The second-order valence-electron chi connectivity index (χ2n) is 5.38. The van der Waals surface area contributed by atoms with Crippen LogP contribution in [0.4, 0.5) is 0 Å². The quantitative estimate of drug-likeness (QED) is 0.655. The van der Waals surface area contributed by atoms with Crippen LogP contribution in [0.1, 0.15) is 31.3 Å². The number of fused-ring (bicyclic) bond motifs is 1. The Bertz CT molecular complexity index is 810. The first-order chi connectivity index (χ1) is 11.0. The zero-order valence-electron chi connectivity index (χ0n) is 12.5. The summed E-state index contributed by atoms with van der Waals surface area (Å²) in [5, 5.41) is 14.2. The molecule has 0 amide bonds. The molecular weight excluding hydrogens is 373 g/mol. The number of hydrogen-bond donors (Lipinski definition) is 1. The van der Waals surface area contributed by atoms with E-state index >= 15 is 0 Å². The van der Waals surface area contributed by atoms with Gasteiger partial charge in [0.25, 0.3) is 0 Å². The van der Waals surface area contributed by atoms with Gasteiger partial charge < -0.3 is 5.73 Å².